The van der Waals surface area contributed by atoms with Crippen LogP contribution in [-0.2, 0) is 0 Å². The third-order valence-electron chi connectivity index (χ3n) is 5.22. The highest BCUT2D eigenvalue weighted by Gasteiger charge is 2.29. The smallest absolute Gasteiger partial charge is 0.0889 e. The monoisotopic (exact) mass is 208 g/mol. The van der Waals surface area contributed by atoms with Crippen LogP contribution >= 0.6 is 0 Å². The Morgan fingerprint density at radius 3 is 1.60 bits per heavy atom. The van der Waals surface area contributed by atoms with E-state index in [0.717, 1.165) is 0 Å². The summed E-state index contributed by atoms with van der Waals surface area (Å²) in [6.45, 7) is 14.2. The van der Waals surface area contributed by atoms with Crippen molar-refractivity contribution in [2.45, 2.75) is 84.1 Å². The molecule has 0 nitrogen and oxygen atoms in total. The van der Waals surface area contributed by atoms with E-state index in [1.54, 1.807) is 0 Å². The Balaban J connectivity index is 4.32. The minimum absolute atomic E-state index is 0.588. The largest absolute Gasteiger partial charge is 0.127 e. The van der Waals surface area contributed by atoms with Crippen LogP contribution in [0.25, 0.3) is 0 Å². The van der Waals surface area contributed by atoms with Crippen molar-refractivity contribution in [3.63, 3.8) is 0 Å². The molecule has 0 heterocycles. The van der Waals surface area contributed by atoms with Crippen LogP contribution in [0.3, 0.4) is 0 Å². The Morgan fingerprint density at radius 1 is 0.867 bits per heavy atom. The summed E-state index contributed by atoms with van der Waals surface area (Å²) in [7, 11) is 2.76. The Bertz CT molecular complexity index is 150. The van der Waals surface area contributed by atoms with Gasteiger partial charge in [-0.05, 0) is 0 Å². The predicted molar refractivity (Wildman–Crippen MR) is 77.2 cm³/mol. The molecule has 0 saturated carbocycles. The first-order chi connectivity index (χ1) is 7.01. The fraction of sp³-hybridized carbons (Fsp3) is 1.00. The van der Waals surface area contributed by atoms with Gasteiger partial charge in [0, 0.05) is 0 Å². The standard InChI is InChI=1S/C13H30B2/c1-7-12(5,8-2)15-11-13(9-3,10-4)14-6/h14-15H,7-11H2,1-6H3. The summed E-state index contributed by atoms with van der Waals surface area (Å²) in [6.07, 6.45) is 6.79. The highest BCUT2D eigenvalue weighted by atomic mass is 14.2. The zero-order valence-electron chi connectivity index (χ0n) is 11.9. The number of hydrogen-bond acceptors (Lipinski definition) is 0. The third kappa shape index (κ3) is 4.25. The summed E-state index contributed by atoms with van der Waals surface area (Å²) in [5, 5.41) is 1.22. The van der Waals surface area contributed by atoms with Gasteiger partial charge in [-0.2, -0.15) is 0 Å². The maximum absolute atomic E-state index is 2.46. The fourth-order valence-electron chi connectivity index (χ4n) is 2.45. The average Bonchev–Trinajstić information content (AvgIpc) is 2.31. The van der Waals surface area contributed by atoms with E-state index in [9.17, 15) is 0 Å². The maximum atomic E-state index is 2.46. The van der Waals surface area contributed by atoms with Gasteiger partial charge in [0.15, 0.2) is 0 Å². The predicted octanol–water partition coefficient (Wildman–Crippen LogP) is 4.30. The molecule has 0 spiro atoms. The quantitative estimate of drug-likeness (QED) is 0.521. The lowest BCUT2D eigenvalue weighted by molar-refractivity contribution is 0.525. The van der Waals surface area contributed by atoms with E-state index >= 15 is 0 Å². The van der Waals surface area contributed by atoms with E-state index in [2.05, 4.69) is 41.4 Å². The van der Waals surface area contributed by atoms with Crippen molar-refractivity contribution in [1.82, 2.24) is 0 Å². The first-order valence-corrected chi connectivity index (χ1v) is 7.01. The van der Waals surface area contributed by atoms with Crippen LogP contribution in [0.4, 0.5) is 0 Å². The van der Waals surface area contributed by atoms with Crippen molar-refractivity contribution >= 4 is 14.6 Å². The lowest BCUT2D eigenvalue weighted by Crippen LogP contribution is -2.24. The van der Waals surface area contributed by atoms with Gasteiger partial charge < -0.3 is 0 Å². The molecule has 0 aromatic heterocycles. The zero-order valence-corrected chi connectivity index (χ0v) is 11.9. The van der Waals surface area contributed by atoms with Gasteiger partial charge in [0.1, 0.15) is 14.6 Å². The normalized spacial score (nSPS) is 12.7. The van der Waals surface area contributed by atoms with Crippen molar-refractivity contribution in [1.29, 1.82) is 0 Å². The van der Waals surface area contributed by atoms with Gasteiger partial charge in [-0.3, -0.25) is 0 Å². The van der Waals surface area contributed by atoms with E-state index in [4.69, 9.17) is 0 Å². The highest BCUT2D eigenvalue weighted by molar-refractivity contribution is 6.46. The van der Waals surface area contributed by atoms with Crippen LogP contribution in [0, 0.1) is 0 Å². The zero-order chi connectivity index (χ0) is 11.9. The summed E-state index contributed by atoms with van der Waals surface area (Å²) >= 11 is 0. The Kier molecular flexibility index (Phi) is 6.71. The molecule has 0 rings (SSSR count). The average molecular weight is 208 g/mol. The second-order valence-electron chi connectivity index (χ2n) is 5.58. The van der Waals surface area contributed by atoms with Gasteiger partial charge in [0.25, 0.3) is 0 Å². The van der Waals surface area contributed by atoms with Gasteiger partial charge >= 0.3 is 0 Å². The fourth-order valence-corrected chi connectivity index (χ4v) is 2.45. The van der Waals surface area contributed by atoms with E-state index in [1.165, 1.54) is 46.6 Å². The molecule has 0 fully saturated rings. The summed E-state index contributed by atoms with van der Waals surface area (Å²) in [5.74, 6) is 0. The minimum atomic E-state index is 0.588. The summed E-state index contributed by atoms with van der Waals surface area (Å²) in [4.78, 5) is 0. The second kappa shape index (κ2) is 6.66. The van der Waals surface area contributed by atoms with Crippen LogP contribution in [0.15, 0.2) is 0 Å². The van der Waals surface area contributed by atoms with Gasteiger partial charge in [-0.15, -0.1) is 0 Å². The Labute approximate surface area is 99.1 Å². The van der Waals surface area contributed by atoms with Crippen LogP contribution in [0.5, 0.6) is 0 Å². The minimum Gasteiger partial charge on any atom is -0.0889 e. The molecule has 0 aromatic rings. The van der Waals surface area contributed by atoms with E-state index in [1.807, 2.05) is 0 Å². The topological polar surface area (TPSA) is 0 Å². The van der Waals surface area contributed by atoms with E-state index in [-0.39, 0.29) is 0 Å². The van der Waals surface area contributed by atoms with Crippen LogP contribution < -0.4 is 0 Å². The van der Waals surface area contributed by atoms with Crippen molar-refractivity contribution in [3.05, 3.63) is 0 Å². The van der Waals surface area contributed by atoms with Crippen molar-refractivity contribution in [3.8, 4) is 0 Å². The van der Waals surface area contributed by atoms with Crippen molar-refractivity contribution in [2.75, 3.05) is 0 Å². The molecule has 15 heavy (non-hydrogen) atoms. The molecule has 0 aliphatic heterocycles. The van der Waals surface area contributed by atoms with Crippen molar-refractivity contribution < 1.29 is 0 Å². The Morgan fingerprint density at radius 2 is 1.33 bits per heavy atom. The molecular weight excluding hydrogens is 178 g/mol. The molecule has 0 N–H and O–H groups in total. The second-order valence-corrected chi connectivity index (χ2v) is 5.58. The molecule has 0 aliphatic carbocycles. The Hall–Kier alpha value is 0.130. The van der Waals surface area contributed by atoms with Crippen LogP contribution in [-0.4, -0.2) is 14.6 Å². The third-order valence-corrected chi connectivity index (χ3v) is 5.22. The lowest BCUT2D eigenvalue weighted by Gasteiger charge is -2.34. The number of rotatable bonds is 8. The first kappa shape index (κ1) is 15.1. The van der Waals surface area contributed by atoms with E-state index in [0.29, 0.717) is 10.6 Å². The molecule has 0 amide bonds. The molecule has 0 aromatic carbocycles. The van der Waals surface area contributed by atoms with Crippen molar-refractivity contribution in [2.24, 2.45) is 0 Å². The van der Waals surface area contributed by atoms with E-state index < -0.39 is 0 Å². The molecule has 0 unspecified atom stereocenters. The molecule has 0 saturated heterocycles. The molecular formula is C13H30B2. The first-order valence-electron chi connectivity index (χ1n) is 7.01. The molecule has 0 aliphatic rings. The molecule has 2 heteroatoms. The van der Waals surface area contributed by atoms with Crippen LogP contribution in [0.2, 0.25) is 23.8 Å². The van der Waals surface area contributed by atoms with Gasteiger partial charge in [0.2, 0.25) is 0 Å². The SMILES string of the molecule is CBC(CC)(CC)CBC(C)(CC)CC. The molecule has 0 bridgehead atoms. The molecule has 0 atom stereocenters. The summed E-state index contributed by atoms with van der Waals surface area (Å²) in [6, 6.07) is 0. The van der Waals surface area contributed by atoms with Crippen LogP contribution in [0.1, 0.15) is 60.3 Å². The highest BCUT2D eigenvalue weighted by Crippen LogP contribution is 2.43. The molecule has 88 valence electrons. The summed E-state index contributed by atoms with van der Waals surface area (Å²) in [5.41, 5.74) is 0. The van der Waals surface area contributed by atoms with Gasteiger partial charge in [-0.25, -0.2) is 0 Å². The van der Waals surface area contributed by atoms with Gasteiger partial charge in [-0.1, -0.05) is 84.1 Å². The lowest BCUT2D eigenvalue weighted by atomic mass is 9.37. The van der Waals surface area contributed by atoms with Gasteiger partial charge in [0.05, 0.1) is 0 Å². The molecule has 0 radical (unpaired) electrons. The maximum Gasteiger partial charge on any atom is 0.127 e. The number of hydrogen-bond donors (Lipinski definition) is 0. The summed E-state index contributed by atoms with van der Waals surface area (Å²) < 4.78 is 0.